The van der Waals surface area contributed by atoms with Crippen molar-refractivity contribution in [3.63, 3.8) is 0 Å². The second-order valence-corrected chi connectivity index (χ2v) is 7.34. The van der Waals surface area contributed by atoms with E-state index in [1.54, 1.807) is 7.11 Å². The summed E-state index contributed by atoms with van der Waals surface area (Å²) in [4.78, 5) is 8.00. The lowest BCUT2D eigenvalue weighted by atomic mass is 10.1. The van der Waals surface area contributed by atoms with Crippen molar-refractivity contribution >= 4 is 27.0 Å². The lowest BCUT2D eigenvalue weighted by Crippen LogP contribution is -2.16. The minimum atomic E-state index is 0.678. The smallest absolute Gasteiger partial charge is 0.165 e. The second kappa shape index (κ2) is 9.76. The van der Waals surface area contributed by atoms with Crippen molar-refractivity contribution in [1.82, 2.24) is 15.3 Å². The summed E-state index contributed by atoms with van der Waals surface area (Å²) in [7, 11) is 1.67. The number of nitrogens with one attached hydrogen (secondary N) is 2. The maximum absolute atomic E-state index is 5.92. The molecule has 0 amide bonds. The lowest BCUT2D eigenvalue weighted by molar-refractivity contribution is 0.290. The third-order valence-electron chi connectivity index (χ3n) is 4.29. The fourth-order valence-corrected chi connectivity index (χ4v) is 3.49. The number of aromatic nitrogens is 2. The molecule has 0 fully saturated rings. The van der Waals surface area contributed by atoms with Crippen LogP contribution < -0.4 is 14.8 Å². The summed E-state index contributed by atoms with van der Waals surface area (Å²) in [6.07, 6.45) is 2.89. The van der Waals surface area contributed by atoms with Gasteiger partial charge in [0, 0.05) is 23.0 Å². The standard InChI is InChI=1S/C21H26BrN3O2/c1-3-11-27-21-15(12-16(22)13-19(21)26-2)14-23-10-6-9-20-24-17-7-4-5-8-18(17)25-20/h4-5,7-8,12-13,23H,3,6,9-11,14H2,1-2H3,(H,24,25). The van der Waals surface area contributed by atoms with Crippen molar-refractivity contribution in [2.24, 2.45) is 0 Å². The fourth-order valence-electron chi connectivity index (χ4n) is 3.00. The molecule has 1 aromatic heterocycles. The summed E-state index contributed by atoms with van der Waals surface area (Å²) in [5.74, 6) is 2.62. The SMILES string of the molecule is CCCOc1c(CNCCCc2nc3ccccc3[nH]2)cc(Br)cc1OC. The summed E-state index contributed by atoms with van der Waals surface area (Å²) in [5, 5.41) is 3.50. The Morgan fingerprint density at radius 2 is 2.07 bits per heavy atom. The van der Waals surface area contributed by atoms with Gasteiger partial charge in [0.15, 0.2) is 11.5 Å². The maximum Gasteiger partial charge on any atom is 0.165 e. The first kappa shape index (κ1) is 19.7. The zero-order valence-corrected chi connectivity index (χ0v) is 17.4. The van der Waals surface area contributed by atoms with Crippen LogP contribution in [0.25, 0.3) is 11.0 Å². The number of aromatic amines is 1. The van der Waals surface area contributed by atoms with Gasteiger partial charge in [-0.25, -0.2) is 4.98 Å². The third-order valence-corrected chi connectivity index (χ3v) is 4.75. The normalized spacial score (nSPS) is 11.1. The molecular formula is C21H26BrN3O2. The third kappa shape index (κ3) is 5.23. The van der Waals surface area contributed by atoms with Gasteiger partial charge in [-0.2, -0.15) is 0 Å². The molecule has 27 heavy (non-hydrogen) atoms. The average molecular weight is 432 g/mol. The van der Waals surface area contributed by atoms with Crippen LogP contribution in [0.4, 0.5) is 0 Å². The zero-order chi connectivity index (χ0) is 19.1. The van der Waals surface area contributed by atoms with E-state index in [1.165, 1.54) is 0 Å². The fraction of sp³-hybridized carbons (Fsp3) is 0.381. The molecule has 0 aliphatic rings. The van der Waals surface area contributed by atoms with Gasteiger partial charge in [-0.15, -0.1) is 0 Å². The maximum atomic E-state index is 5.92. The first-order valence-electron chi connectivity index (χ1n) is 9.34. The Hall–Kier alpha value is -2.05. The average Bonchev–Trinajstić information content (AvgIpc) is 3.09. The number of benzene rings is 2. The van der Waals surface area contributed by atoms with Gasteiger partial charge >= 0.3 is 0 Å². The minimum Gasteiger partial charge on any atom is -0.493 e. The zero-order valence-electron chi connectivity index (χ0n) is 15.8. The molecule has 3 rings (SSSR count). The topological polar surface area (TPSA) is 59.2 Å². The van der Waals surface area contributed by atoms with Crippen LogP contribution in [0.1, 0.15) is 31.2 Å². The highest BCUT2D eigenvalue weighted by Gasteiger charge is 2.12. The van der Waals surface area contributed by atoms with Gasteiger partial charge in [-0.1, -0.05) is 35.0 Å². The number of hydrogen-bond donors (Lipinski definition) is 2. The predicted octanol–water partition coefficient (Wildman–Crippen LogP) is 4.85. The first-order valence-corrected chi connectivity index (χ1v) is 10.1. The van der Waals surface area contributed by atoms with Crippen molar-refractivity contribution in [1.29, 1.82) is 0 Å². The number of para-hydroxylation sites is 2. The van der Waals surface area contributed by atoms with Crippen molar-refractivity contribution in [3.05, 3.63) is 52.3 Å². The molecule has 3 aromatic rings. The molecule has 2 N–H and O–H groups in total. The van der Waals surface area contributed by atoms with E-state index >= 15 is 0 Å². The highest BCUT2D eigenvalue weighted by Crippen LogP contribution is 2.35. The number of rotatable bonds is 10. The van der Waals surface area contributed by atoms with E-state index in [9.17, 15) is 0 Å². The van der Waals surface area contributed by atoms with Gasteiger partial charge in [0.05, 0.1) is 24.8 Å². The molecule has 0 unspecified atom stereocenters. The number of methoxy groups -OCH3 is 1. The van der Waals surface area contributed by atoms with E-state index in [2.05, 4.69) is 50.3 Å². The van der Waals surface area contributed by atoms with E-state index in [0.29, 0.717) is 6.61 Å². The van der Waals surface area contributed by atoms with Gasteiger partial charge < -0.3 is 19.8 Å². The molecule has 0 spiro atoms. The van der Waals surface area contributed by atoms with Crippen molar-refractivity contribution in [2.75, 3.05) is 20.3 Å². The van der Waals surface area contributed by atoms with Crippen LogP contribution in [0.5, 0.6) is 11.5 Å². The van der Waals surface area contributed by atoms with Crippen molar-refractivity contribution in [2.45, 2.75) is 32.7 Å². The number of H-pyrrole nitrogens is 1. The summed E-state index contributed by atoms with van der Waals surface area (Å²) >= 11 is 3.55. The van der Waals surface area contributed by atoms with Crippen LogP contribution in [-0.4, -0.2) is 30.2 Å². The highest BCUT2D eigenvalue weighted by molar-refractivity contribution is 9.10. The van der Waals surface area contributed by atoms with Crippen LogP contribution in [0.3, 0.4) is 0 Å². The number of fused-ring (bicyclic) bond motifs is 1. The molecule has 2 aromatic carbocycles. The molecule has 0 saturated heterocycles. The van der Waals surface area contributed by atoms with Crippen LogP contribution in [0.15, 0.2) is 40.9 Å². The number of halogens is 1. The number of imidazole rings is 1. The molecule has 5 nitrogen and oxygen atoms in total. The summed E-state index contributed by atoms with van der Waals surface area (Å²) in [6.45, 7) is 4.41. The summed E-state index contributed by atoms with van der Waals surface area (Å²) in [5.41, 5.74) is 3.22. The Kier molecular flexibility index (Phi) is 7.12. The number of ether oxygens (including phenoxy) is 2. The Morgan fingerprint density at radius 1 is 1.22 bits per heavy atom. The lowest BCUT2D eigenvalue weighted by Gasteiger charge is -2.16. The summed E-state index contributed by atoms with van der Waals surface area (Å²) in [6, 6.07) is 12.2. The van der Waals surface area contributed by atoms with Gasteiger partial charge in [0.1, 0.15) is 5.82 Å². The molecular weight excluding hydrogens is 406 g/mol. The number of aryl methyl sites for hydroxylation is 1. The molecule has 0 atom stereocenters. The van der Waals surface area contributed by atoms with Crippen LogP contribution in [-0.2, 0) is 13.0 Å². The predicted molar refractivity (Wildman–Crippen MR) is 113 cm³/mol. The first-order chi connectivity index (χ1) is 13.2. The van der Waals surface area contributed by atoms with E-state index in [4.69, 9.17) is 9.47 Å². The molecule has 0 aliphatic heterocycles. The van der Waals surface area contributed by atoms with E-state index in [0.717, 1.165) is 70.7 Å². The molecule has 0 saturated carbocycles. The number of nitrogens with zero attached hydrogens (tertiary/aromatic N) is 1. The van der Waals surface area contributed by atoms with E-state index < -0.39 is 0 Å². The molecule has 0 aliphatic carbocycles. The van der Waals surface area contributed by atoms with Crippen LogP contribution in [0, 0.1) is 0 Å². The Labute approximate surface area is 168 Å². The van der Waals surface area contributed by atoms with E-state index in [-0.39, 0.29) is 0 Å². The second-order valence-electron chi connectivity index (χ2n) is 6.43. The van der Waals surface area contributed by atoms with Crippen molar-refractivity contribution < 1.29 is 9.47 Å². The molecule has 144 valence electrons. The highest BCUT2D eigenvalue weighted by atomic mass is 79.9. The van der Waals surface area contributed by atoms with Crippen LogP contribution in [0.2, 0.25) is 0 Å². The monoisotopic (exact) mass is 431 g/mol. The van der Waals surface area contributed by atoms with Crippen molar-refractivity contribution in [3.8, 4) is 11.5 Å². The molecule has 1 heterocycles. The van der Waals surface area contributed by atoms with Crippen LogP contribution >= 0.6 is 15.9 Å². The molecule has 6 heteroatoms. The van der Waals surface area contributed by atoms with Gasteiger partial charge in [-0.3, -0.25) is 0 Å². The van der Waals surface area contributed by atoms with Gasteiger partial charge in [0.25, 0.3) is 0 Å². The van der Waals surface area contributed by atoms with E-state index in [1.807, 2.05) is 24.3 Å². The summed E-state index contributed by atoms with van der Waals surface area (Å²) < 4.78 is 12.4. The Morgan fingerprint density at radius 3 is 2.85 bits per heavy atom. The number of hydrogen-bond acceptors (Lipinski definition) is 4. The largest absolute Gasteiger partial charge is 0.493 e. The molecule has 0 radical (unpaired) electrons. The minimum absolute atomic E-state index is 0.678. The van der Waals surface area contributed by atoms with Gasteiger partial charge in [-0.05, 0) is 43.7 Å². The van der Waals surface area contributed by atoms with Gasteiger partial charge in [0.2, 0.25) is 0 Å². The quantitative estimate of drug-likeness (QED) is 0.450. The Bertz CT molecular complexity index is 846. The Balaban J connectivity index is 1.54. The molecule has 0 bridgehead atoms.